The van der Waals surface area contributed by atoms with Gasteiger partial charge >= 0.3 is 6.09 Å². The van der Waals surface area contributed by atoms with Crippen molar-refractivity contribution in [2.75, 3.05) is 86.5 Å². The number of alkyl carbamates (subject to hydrolysis) is 1. The third-order valence-electron chi connectivity index (χ3n) is 8.66. The predicted octanol–water partition coefficient (Wildman–Crippen LogP) is 2.23. The van der Waals surface area contributed by atoms with E-state index in [1.165, 1.54) is 19.3 Å². The second-order valence-corrected chi connectivity index (χ2v) is 12.6. The van der Waals surface area contributed by atoms with Crippen molar-refractivity contribution in [3.8, 4) is 0 Å². The molecule has 12 heteroatoms. The van der Waals surface area contributed by atoms with E-state index in [1.54, 1.807) is 14.2 Å². The average molecular weight is 611 g/mol. The van der Waals surface area contributed by atoms with Crippen LogP contribution < -0.4 is 16.0 Å². The van der Waals surface area contributed by atoms with Crippen LogP contribution in [0.2, 0.25) is 0 Å². The maximum atomic E-state index is 14.2. The molecular weight excluding hydrogens is 552 g/mol. The molecule has 0 spiro atoms. The van der Waals surface area contributed by atoms with Gasteiger partial charge in [0.1, 0.15) is 6.29 Å². The van der Waals surface area contributed by atoms with E-state index in [0.717, 1.165) is 51.7 Å². The summed E-state index contributed by atoms with van der Waals surface area (Å²) in [5.41, 5.74) is -0.510. The molecule has 2 saturated heterocycles. The lowest BCUT2D eigenvalue weighted by Crippen LogP contribution is -2.66. The molecule has 0 bridgehead atoms. The number of carbonyl (C=O) groups is 2. The Morgan fingerprint density at radius 3 is 2.42 bits per heavy atom. The highest BCUT2D eigenvalue weighted by Gasteiger charge is 2.38. The summed E-state index contributed by atoms with van der Waals surface area (Å²) in [5.74, 6) is 0.653. The molecule has 3 N–H and O–H groups in total. The average Bonchev–Trinajstić information content (AvgIpc) is 3.01. The summed E-state index contributed by atoms with van der Waals surface area (Å²) in [6.07, 6.45) is 9.06. The van der Waals surface area contributed by atoms with E-state index >= 15 is 0 Å². The lowest BCUT2D eigenvalue weighted by molar-refractivity contribution is -0.126. The Labute approximate surface area is 259 Å². The van der Waals surface area contributed by atoms with E-state index in [2.05, 4.69) is 30.7 Å². The fourth-order valence-electron chi connectivity index (χ4n) is 6.15. The number of rotatable bonds is 17. The van der Waals surface area contributed by atoms with Gasteiger partial charge in [-0.15, -0.1) is 0 Å². The predicted molar refractivity (Wildman–Crippen MR) is 167 cm³/mol. The van der Waals surface area contributed by atoms with Crippen molar-refractivity contribution in [2.24, 2.45) is 16.8 Å². The summed E-state index contributed by atoms with van der Waals surface area (Å²) >= 11 is 0. The van der Waals surface area contributed by atoms with Crippen LogP contribution in [0.15, 0.2) is 4.99 Å². The normalized spacial score (nSPS) is 22.0. The first-order valence-electron chi connectivity index (χ1n) is 16.4. The monoisotopic (exact) mass is 610 g/mol. The van der Waals surface area contributed by atoms with Gasteiger partial charge in [-0.3, -0.25) is 25.3 Å². The van der Waals surface area contributed by atoms with Crippen molar-refractivity contribution in [1.29, 1.82) is 0 Å². The largest absolute Gasteiger partial charge is 0.449 e. The number of likely N-dealkylation sites (tertiary alicyclic amines) is 1. The lowest BCUT2D eigenvalue weighted by Gasteiger charge is -2.42. The van der Waals surface area contributed by atoms with Gasteiger partial charge in [0, 0.05) is 53.1 Å². The van der Waals surface area contributed by atoms with Crippen LogP contribution in [0, 0.1) is 11.8 Å². The molecule has 0 aromatic heterocycles. The summed E-state index contributed by atoms with van der Waals surface area (Å²) in [5, 5.41) is 9.98. The van der Waals surface area contributed by atoms with Crippen molar-refractivity contribution in [3.05, 3.63) is 0 Å². The number of piperidine rings is 1. The first-order valence-corrected chi connectivity index (χ1v) is 16.4. The fourth-order valence-corrected chi connectivity index (χ4v) is 6.15. The van der Waals surface area contributed by atoms with Crippen molar-refractivity contribution in [3.63, 3.8) is 0 Å². The molecule has 2 atom stereocenters. The molecule has 2 aliphatic heterocycles. The quantitative estimate of drug-likeness (QED) is 0.129. The van der Waals surface area contributed by atoms with Crippen molar-refractivity contribution >= 4 is 18.2 Å². The van der Waals surface area contributed by atoms with E-state index in [9.17, 15) is 9.59 Å². The Morgan fingerprint density at radius 1 is 1.05 bits per heavy atom. The highest BCUT2D eigenvalue weighted by molar-refractivity contribution is 5.87. The van der Waals surface area contributed by atoms with Crippen LogP contribution in [-0.2, 0) is 23.7 Å². The number of hydrogen-bond donors (Lipinski definition) is 3. The highest BCUT2D eigenvalue weighted by Crippen LogP contribution is 2.28. The van der Waals surface area contributed by atoms with Gasteiger partial charge < -0.3 is 29.2 Å². The van der Waals surface area contributed by atoms with E-state index in [1.807, 2.05) is 20.1 Å². The minimum absolute atomic E-state index is 0.0440. The Kier molecular flexibility index (Phi) is 16.2. The van der Waals surface area contributed by atoms with Crippen molar-refractivity contribution in [1.82, 2.24) is 25.8 Å². The number of carbonyl (C=O) groups excluding carboxylic acids is 2. The first kappa shape index (κ1) is 35.6. The topological polar surface area (TPSA) is 126 Å². The fraction of sp³-hybridized carbons (Fsp3) is 0.903. The SMILES string of the molecule is CN=CC1(NC(=O)[C@H](CC2CCCCC2)NC(NC(=O)OCC(C)C)N2CCOCC2)CCN(CCOCCOC)CC1. The Morgan fingerprint density at radius 2 is 1.77 bits per heavy atom. The summed E-state index contributed by atoms with van der Waals surface area (Å²) < 4.78 is 21.8. The smallest absolute Gasteiger partial charge is 0.409 e. The van der Waals surface area contributed by atoms with Gasteiger partial charge in [0.25, 0.3) is 0 Å². The third-order valence-corrected chi connectivity index (χ3v) is 8.66. The molecule has 1 saturated carbocycles. The maximum absolute atomic E-state index is 14.2. The number of methoxy groups -OCH3 is 1. The number of nitrogens with one attached hydrogen (secondary N) is 3. The molecule has 2 heterocycles. The molecule has 1 aliphatic carbocycles. The highest BCUT2D eigenvalue weighted by atomic mass is 16.5. The van der Waals surface area contributed by atoms with Gasteiger partial charge in [0.2, 0.25) is 5.91 Å². The zero-order valence-corrected chi connectivity index (χ0v) is 27.1. The van der Waals surface area contributed by atoms with Gasteiger partial charge in [-0.2, -0.15) is 0 Å². The minimum Gasteiger partial charge on any atom is -0.449 e. The molecule has 0 aromatic rings. The number of aliphatic imine (C=N–C) groups is 1. The number of hydrogen-bond acceptors (Lipinski definition) is 10. The molecule has 248 valence electrons. The Bertz CT molecular complexity index is 826. The molecule has 1 unspecified atom stereocenters. The van der Waals surface area contributed by atoms with E-state index in [-0.39, 0.29) is 11.8 Å². The van der Waals surface area contributed by atoms with Crippen LogP contribution in [-0.4, -0.2) is 132 Å². The van der Waals surface area contributed by atoms with Gasteiger partial charge in [-0.05, 0) is 31.1 Å². The number of amides is 2. The van der Waals surface area contributed by atoms with E-state index < -0.39 is 24.0 Å². The molecule has 3 aliphatic rings. The van der Waals surface area contributed by atoms with Crippen LogP contribution in [0.25, 0.3) is 0 Å². The zero-order valence-electron chi connectivity index (χ0n) is 27.1. The number of nitrogens with zero attached hydrogens (tertiary/aromatic N) is 3. The molecular formula is C31H58N6O6. The van der Waals surface area contributed by atoms with Crippen molar-refractivity contribution in [2.45, 2.75) is 83.1 Å². The zero-order chi connectivity index (χ0) is 30.9. The standard InChI is InChI=1S/C31H58N6O6/c1-25(2)23-43-30(39)34-29(37-15-18-41-19-16-37)33-27(22-26-8-6-5-7-9-26)28(38)35-31(24-32-3)10-12-36(13-11-31)14-17-42-21-20-40-4/h24-27,29,33H,5-23H2,1-4H3,(H,34,39)(H,35,38)/t27-,29?/m0/s1. The molecule has 3 rings (SSSR count). The first-order chi connectivity index (χ1) is 20.8. The van der Waals surface area contributed by atoms with Crippen LogP contribution in [0.5, 0.6) is 0 Å². The van der Waals surface area contributed by atoms with Crippen LogP contribution >= 0.6 is 0 Å². The second-order valence-electron chi connectivity index (χ2n) is 12.6. The van der Waals surface area contributed by atoms with E-state index in [0.29, 0.717) is 58.6 Å². The Balaban J connectivity index is 1.69. The van der Waals surface area contributed by atoms with Crippen LogP contribution in [0.1, 0.15) is 65.2 Å². The molecule has 43 heavy (non-hydrogen) atoms. The van der Waals surface area contributed by atoms with Gasteiger partial charge in [-0.25, -0.2) is 4.79 Å². The van der Waals surface area contributed by atoms with Crippen molar-refractivity contribution < 1.29 is 28.5 Å². The van der Waals surface area contributed by atoms with E-state index in [4.69, 9.17) is 18.9 Å². The summed E-state index contributed by atoms with van der Waals surface area (Å²) in [7, 11) is 3.44. The molecule has 0 aromatic carbocycles. The molecule has 12 nitrogen and oxygen atoms in total. The van der Waals surface area contributed by atoms with Gasteiger partial charge in [-0.1, -0.05) is 46.0 Å². The summed E-state index contributed by atoms with van der Waals surface area (Å²) in [6.45, 7) is 11.2. The summed E-state index contributed by atoms with van der Waals surface area (Å²) in [4.78, 5) is 35.8. The lowest BCUT2D eigenvalue weighted by atomic mass is 9.83. The minimum atomic E-state index is -0.543. The Hall–Kier alpha value is -1.83. The number of morpholine rings is 1. The summed E-state index contributed by atoms with van der Waals surface area (Å²) in [6, 6.07) is -0.476. The maximum Gasteiger partial charge on any atom is 0.409 e. The molecule has 3 fully saturated rings. The van der Waals surface area contributed by atoms with Gasteiger partial charge in [0.05, 0.1) is 51.2 Å². The third kappa shape index (κ3) is 13.0. The number of ether oxygens (including phenoxy) is 4. The molecule has 2 amide bonds. The second kappa shape index (κ2) is 19.5. The van der Waals surface area contributed by atoms with Crippen LogP contribution in [0.4, 0.5) is 4.79 Å². The van der Waals surface area contributed by atoms with Gasteiger partial charge in [0.15, 0.2) is 0 Å². The molecule has 0 radical (unpaired) electrons. The van der Waals surface area contributed by atoms with Crippen LogP contribution in [0.3, 0.4) is 0 Å².